The number of nitrogen functional groups attached to an aromatic ring is 2. The van der Waals surface area contributed by atoms with Crippen LogP contribution in [-0.2, 0) is 6.54 Å². The van der Waals surface area contributed by atoms with Gasteiger partial charge < -0.3 is 16.1 Å². The molecular weight excluding hydrogens is 260 g/mol. The Morgan fingerprint density at radius 3 is 2.89 bits per heavy atom. The molecule has 19 heavy (non-hydrogen) atoms. The van der Waals surface area contributed by atoms with E-state index in [4.69, 9.17) is 11.6 Å². The van der Waals surface area contributed by atoms with Crippen LogP contribution in [0.2, 0.25) is 0 Å². The molecule has 1 aliphatic rings. The van der Waals surface area contributed by atoms with Gasteiger partial charge in [0.2, 0.25) is 5.95 Å². The summed E-state index contributed by atoms with van der Waals surface area (Å²) >= 11 is 1.70. The number of hydrogen-bond donors (Lipinski definition) is 3. The summed E-state index contributed by atoms with van der Waals surface area (Å²) in [6.07, 6.45) is 2.39. The maximum Gasteiger partial charge on any atom is 0.223 e. The highest BCUT2D eigenvalue weighted by Gasteiger charge is 2.30. The summed E-state index contributed by atoms with van der Waals surface area (Å²) in [6.45, 7) is 0.842. The zero-order valence-corrected chi connectivity index (χ0v) is 11.2. The number of hydrazine groups is 1. The zero-order valence-electron chi connectivity index (χ0n) is 10.4. The third kappa shape index (κ3) is 2.77. The summed E-state index contributed by atoms with van der Waals surface area (Å²) in [7, 11) is 0. The molecule has 0 radical (unpaired) electrons. The van der Waals surface area contributed by atoms with Crippen molar-refractivity contribution in [3.05, 3.63) is 28.5 Å². The maximum atomic E-state index is 5.72. The number of rotatable bonds is 5. The van der Waals surface area contributed by atoms with E-state index in [9.17, 15) is 0 Å². The molecular formula is C12H16N6S. The van der Waals surface area contributed by atoms with Crippen molar-refractivity contribution in [3.63, 3.8) is 0 Å². The standard InChI is InChI=1S/C12H16N6S/c13-12-15-10(17-14)5-11(16-12)18(9-1-2-9)6-8-3-4-19-7-8/h3-5,7,9H,1-2,6,14H2,(H3,13,15,16,17). The molecule has 6 nitrogen and oxygen atoms in total. The molecule has 0 aliphatic heterocycles. The lowest BCUT2D eigenvalue weighted by Crippen LogP contribution is -2.26. The van der Waals surface area contributed by atoms with E-state index in [1.54, 1.807) is 11.3 Å². The van der Waals surface area contributed by atoms with Crippen LogP contribution >= 0.6 is 11.3 Å². The van der Waals surface area contributed by atoms with Gasteiger partial charge in [0.1, 0.15) is 11.6 Å². The first-order chi connectivity index (χ1) is 9.26. The van der Waals surface area contributed by atoms with Gasteiger partial charge in [0, 0.05) is 18.7 Å². The van der Waals surface area contributed by atoms with Gasteiger partial charge in [0.25, 0.3) is 0 Å². The van der Waals surface area contributed by atoms with E-state index in [0.717, 1.165) is 12.4 Å². The van der Waals surface area contributed by atoms with Crippen LogP contribution in [0.1, 0.15) is 18.4 Å². The molecule has 5 N–H and O–H groups in total. The Labute approximate surface area is 115 Å². The van der Waals surface area contributed by atoms with E-state index in [0.29, 0.717) is 11.9 Å². The summed E-state index contributed by atoms with van der Waals surface area (Å²) in [5.74, 6) is 7.01. The predicted octanol–water partition coefficient (Wildman–Crippen LogP) is 1.57. The second kappa shape index (κ2) is 5.02. The minimum absolute atomic E-state index is 0.237. The predicted molar refractivity (Wildman–Crippen MR) is 77.8 cm³/mol. The second-order valence-electron chi connectivity index (χ2n) is 4.60. The van der Waals surface area contributed by atoms with E-state index < -0.39 is 0 Å². The number of anilines is 3. The van der Waals surface area contributed by atoms with Crippen LogP contribution in [0.15, 0.2) is 22.9 Å². The van der Waals surface area contributed by atoms with Crippen LogP contribution in [0.4, 0.5) is 17.6 Å². The smallest absolute Gasteiger partial charge is 0.223 e. The number of thiophene rings is 1. The fraction of sp³-hybridized carbons (Fsp3) is 0.333. The zero-order chi connectivity index (χ0) is 13.2. The molecule has 1 fully saturated rings. The van der Waals surface area contributed by atoms with Crippen molar-refractivity contribution in [1.29, 1.82) is 0 Å². The topological polar surface area (TPSA) is 93.1 Å². The molecule has 7 heteroatoms. The first-order valence-corrected chi connectivity index (χ1v) is 7.09. The van der Waals surface area contributed by atoms with Crippen LogP contribution in [0.3, 0.4) is 0 Å². The van der Waals surface area contributed by atoms with Crippen molar-refractivity contribution >= 4 is 28.9 Å². The molecule has 2 heterocycles. The Bertz CT molecular complexity index is 551. The van der Waals surface area contributed by atoms with Gasteiger partial charge in [-0.2, -0.15) is 21.3 Å². The van der Waals surface area contributed by atoms with Crippen molar-refractivity contribution in [1.82, 2.24) is 9.97 Å². The van der Waals surface area contributed by atoms with Gasteiger partial charge in [-0.05, 0) is 35.2 Å². The van der Waals surface area contributed by atoms with Crippen molar-refractivity contribution in [2.24, 2.45) is 5.84 Å². The Morgan fingerprint density at radius 2 is 2.26 bits per heavy atom. The molecule has 1 aliphatic carbocycles. The largest absolute Gasteiger partial charge is 0.368 e. The van der Waals surface area contributed by atoms with Gasteiger partial charge in [0.15, 0.2) is 0 Å². The highest BCUT2D eigenvalue weighted by molar-refractivity contribution is 7.07. The Morgan fingerprint density at radius 1 is 1.42 bits per heavy atom. The molecule has 0 spiro atoms. The number of hydrogen-bond acceptors (Lipinski definition) is 7. The molecule has 2 aromatic heterocycles. The average Bonchev–Trinajstić information content (AvgIpc) is 3.12. The lowest BCUT2D eigenvalue weighted by Gasteiger charge is -2.23. The summed E-state index contributed by atoms with van der Waals surface area (Å²) in [5, 5.41) is 4.24. The van der Waals surface area contributed by atoms with Crippen molar-refractivity contribution in [3.8, 4) is 0 Å². The molecule has 100 valence electrons. The van der Waals surface area contributed by atoms with Gasteiger partial charge in [0.05, 0.1) is 0 Å². The van der Waals surface area contributed by atoms with Crippen LogP contribution in [-0.4, -0.2) is 16.0 Å². The fourth-order valence-corrected chi connectivity index (χ4v) is 2.70. The molecule has 0 bridgehead atoms. The third-order valence-electron chi connectivity index (χ3n) is 3.09. The molecule has 2 aromatic rings. The Kier molecular flexibility index (Phi) is 3.22. The first kappa shape index (κ1) is 12.2. The summed E-state index contributed by atoms with van der Waals surface area (Å²) in [6, 6.07) is 4.51. The average molecular weight is 276 g/mol. The molecule has 3 rings (SSSR count). The number of nitrogens with two attached hydrogens (primary N) is 2. The molecule has 0 saturated heterocycles. The highest BCUT2D eigenvalue weighted by atomic mass is 32.1. The van der Waals surface area contributed by atoms with Crippen molar-refractivity contribution < 1.29 is 0 Å². The monoisotopic (exact) mass is 276 g/mol. The highest BCUT2D eigenvalue weighted by Crippen LogP contribution is 2.33. The number of aromatic nitrogens is 2. The maximum absolute atomic E-state index is 5.72. The lowest BCUT2D eigenvalue weighted by atomic mass is 10.3. The van der Waals surface area contributed by atoms with Crippen molar-refractivity contribution in [2.45, 2.75) is 25.4 Å². The van der Waals surface area contributed by atoms with Crippen LogP contribution in [0.5, 0.6) is 0 Å². The van der Waals surface area contributed by atoms with E-state index in [2.05, 4.69) is 37.1 Å². The second-order valence-corrected chi connectivity index (χ2v) is 5.38. The van der Waals surface area contributed by atoms with Crippen LogP contribution in [0, 0.1) is 0 Å². The Balaban J connectivity index is 1.89. The van der Waals surface area contributed by atoms with Crippen molar-refractivity contribution in [2.75, 3.05) is 16.1 Å². The van der Waals surface area contributed by atoms with E-state index >= 15 is 0 Å². The third-order valence-corrected chi connectivity index (χ3v) is 3.82. The summed E-state index contributed by atoms with van der Waals surface area (Å²) in [4.78, 5) is 10.6. The summed E-state index contributed by atoms with van der Waals surface area (Å²) in [5.41, 5.74) is 9.54. The number of nitrogens with zero attached hydrogens (tertiary/aromatic N) is 3. The van der Waals surface area contributed by atoms with Crippen LogP contribution in [0.25, 0.3) is 0 Å². The molecule has 1 saturated carbocycles. The normalized spacial score (nSPS) is 14.4. The van der Waals surface area contributed by atoms with Gasteiger partial charge in [-0.1, -0.05) is 0 Å². The van der Waals surface area contributed by atoms with Gasteiger partial charge in [-0.15, -0.1) is 0 Å². The fourth-order valence-electron chi connectivity index (χ4n) is 2.04. The molecule has 0 amide bonds. The Hall–Kier alpha value is -1.86. The molecule has 0 aromatic carbocycles. The van der Waals surface area contributed by atoms with E-state index in [1.165, 1.54) is 18.4 Å². The minimum Gasteiger partial charge on any atom is -0.368 e. The van der Waals surface area contributed by atoms with Gasteiger partial charge in [-0.3, -0.25) is 0 Å². The number of nitrogens with one attached hydrogen (secondary N) is 1. The van der Waals surface area contributed by atoms with E-state index in [-0.39, 0.29) is 5.95 Å². The van der Waals surface area contributed by atoms with E-state index in [1.807, 2.05) is 6.07 Å². The minimum atomic E-state index is 0.237. The summed E-state index contributed by atoms with van der Waals surface area (Å²) < 4.78 is 0. The first-order valence-electron chi connectivity index (χ1n) is 6.15. The van der Waals surface area contributed by atoms with Gasteiger partial charge >= 0.3 is 0 Å². The quantitative estimate of drug-likeness (QED) is 0.567. The van der Waals surface area contributed by atoms with Gasteiger partial charge in [-0.25, -0.2) is 5.84 Å². The molecule has 0 atom stereocenters. The SMILES string of the molecule is NNc1cc(N(Cc2ccsc2)C2CC2)nc(N)n1. The van der Waals surface area contributed by atoms with Crippen LogP contribution < -0.4 is 21.9 Å². The lowest BCUT2D eigenvalue weighted by molar-refractivity contribution is 0.779. The molecule has 0 unspecified atom stereocenters.